The van der Waals surface area contributed by atoms with Crippen LogP contribution in [0.5, 0.6) is 0 Å². The monoisotopic (exact) mass is 247 g/mol. The topological polar surface area (TPSA) is 12.5 Å². The number of ether oxygens (including phenoxy) is 1. The molecule has 100 valence electrons. The summed E-state index contributed by atoms with van der Waals surface area (Å²) in [5.41, 5.74) is 2.40. The number of nitrogens with zero attached hydrogens (tertiary/aromatic N) is 1. The van der Waals surface area contributed by atoms with E-state index in [0.717, 1.165) is 24.4 Å². The highest BCUT2D eigenvalue weighted by Gasteiger charge is 2.25. The lowest BCUT2D eigenvalue weighted by atomic mass is 10.0. The Morgan fingerprint density at radius 3 is 2.94 bits per heavy atom. The van der Waals surface area contributed by atoms with E-state index in [9.17, 15) is 0 Å². The first kappa shape index (κ1) is 13.4. The van der Waals surface area contributed by atoms with Crippen molar-refractivity contribution in [2.45, 2.75) is 39.7 Å². The van der Waals surface area contributed by atoms with Gasteiger partial charge in [-0.2, -0.15) is 0 Å². The van der Waals surface area contributed by atoms with Gasteiger partial charge in [0.15, 0.2) is 0 Å². The van der Waals surface area contributed by atoms with Crippen molar-refractivity contribution < 1.29 is 4.74 Å². The summed E-state index contributed by atoms with van der Waals surface area (Å²) in [5.74, 6) is 1.67. The maximum Gasteiger partial charge on any atom is 0.122 e. The molecule has 1 heterocycles. The van der Waals surface area contributed by atoms with Crippen molar-refractivity contribution in [1.29, 1.82) is 0 Å². The summed E-state index contributed by atoms with van der Waals surface area (Å²) in [7, 11) is 0. The van der Waals surface area contributed by atoms with E-state index >= 15 is 0 Å². The van der Waals surface area contributed by atoms with Gasteiger partial charge in [0, 0.05) is 18.5 Å². The van der Waals surface area contributed by atoms with Crippen LogP contribution in [-0.2, 0) is 4.74 Å². The van der Waals surface area contributed by atoms with Crippen LogP contribution in [0.15, 0.2) is 35.6 Å². The first-order valence-electron chi connectivity index (χ1n) is 6.99. The lowest BCUT2D eigenvalue weighted by Gasteiger charge is -2.21. The second-order valence-electron chi connectivity index (χ2n) is 5.82. The van der Waals surface area contributed by atoms with Crippen molar-refractivity contribution >= 4 is 0 Å². The molecule has 2 nitrogen and oxygen atoms in total. The van der Waals surface area contributed by atoms with Crippen LogP contribution in [0.3, 0.4) is 0 Å². The molecule has 0 spiro atoms. The van der Waals surface area contributed by atoms with Crippen LogP contribution in [0.1, 0.15) is 33.6 Å². The van der Waals surface area contributed by atoms with E-state index in [2.05, 4.69) is 44.4 Å². The molecule has 2 aliphatic rings. The molecule has 0 radical (unpaired) electrons. The Hall–Kier alpha value is -1.02. The van der Waals surface area contributed by atoms with Crippen molar-refractivity contribution in [3.8, 4) is 0 Å². The van der Waals surface area contributed by atoms with E-state index in [1.54, 1.807) is 0 Å². The lowest BCUT2D eigenvalue weighted by molar-refractivity contribution is 0.165. The first-order chi connectivity index (χ1) is 8.56. The van der Waals surface area contributed by atoms with Gasteiger partial charge in [0.2, 0.25) is 0 Å². The molecular weight excluding hydrogens is 222 g/mol. The van der Waals surface area contributed by atoms with Crippen LogP contribution in [-0.4, -0.2) is 30.6 Å². The van der Waals surface area contributed by atoms with Gasteiger partial charge >= 0.3 is 0 Å². The first-order valence-corrected chi connectivity index (χ1v) is 6.99. The molecule has 0 bridgehead atoms. The van der Waals surface area contributed by atoms with Crippen molar-refractivity contribution in [1.82, 2.24) is 4.90 Å². The third kappa shape index (κ3) is 3.26. The molecule has 1 aliphatic heterocycles. The zero-order chi connectivity index (χ0) is 13.1. The quantitative estimate of drug-likeness (QED) is 0.753. The van der Waals surface area contributed by atoms with Crippen molar-refractivity contribution in [2.75, 3.05) is 19.7 Å². The Labute approximate surface area is 111 Å². The van der Waals surface area contributed by atoms with Crippen LogP contribution >= 0.6 is 0 Å². The summed E-state index contributed by atoms with van der Waals surface area (Å²) in [6.45, 7) is 13.9. The van der Waals surface area contributed by atoms with Crippen LogP contribution < -0.4 is 0 Å². The van der Waals surface area contributed by atoms with E-state index < -0.39 is 0 Å². The minimum Gasteiger partial charge on any atom is -0.493 e. The fourth-order valence-electron chi connectivity index (χ4n) is 2.57. The zero-order valence-corrected chi connectivity index (χ0v) is 11.9. The van der Waals surface area contributed by atoms with Crippen LogP contribution in [0.4, 0.5) is 0 Å². The maximum atomic E-state index is 5.97. The van der Waals surface area contributed by atoms with Gasteiger partial charge in [0.05, 0.1) is 6.61 Å². The standard InChI is InChI=1S/C16H25NO/c1-12(2)17-8-7-15(10-17)11-18-16-9-13(3)5-6-14(16)4/h5,9,12,15H,4,6-8,10-11H2,1-3H3. The van der Waals surface area contributed by atoms with E-state index in [0.29, 0.717) is 12.0 Å². The average molecular weight is 247 g/mol. The van der Waals surface area contributed by atoms with Gasteiger partial charge in [-0.05, 0) is 51.8 Å². The van der Waals surface area contributed by atoms with Crippen LogP contribution in [0.2, 0.25) is 0 Å². The molecule has 0 aromatic rings. The molecule has 1 unspecified atom stereocenters. The fourth-order valence-corrected chi connectivity index (χ4v) is 2.57. The lowest BCUT2D eigenvalue weighted by Crippen LogP contribution is -2.28. The Morgan fingerprint density at radius 2 is 2.28 bits per heavy atom. The largest absolute Gasteiger partial charge is 0.493 e. The highest BCUT2D eigenvalue weighted by atomic mass is 16.5. The predicted octanol–water partition coefficient (Wildman–Crippen LogP) is 3.52. The summed E-state index contributed by atoms with van der Waals surface area (Å²) >= 11 is 0. The van der Waals surface area contributed by atoms with Gasteiger partial charge in [-0.25, -0.2) is 0 Å². The Bertz CT molecular complexity index is 379. The van der Waals surface area contributed by atoms with Gasteiger partial charge in [0.1, 0.15) is 5.76 Å². The Balaban J connectivity index is 1.82. The SMILES string of the molecule is C=C1CC=C(C)C=C1OCC1CCN(C(C)C)C1. The molecule has 0 aromatic heterocycles. The summed E-state index contributed by atoms with van der Waals surface area (Å²) in [6, 6.07) is 0.657. The van der Waals surface area contributed by atoms with E-state index in [1.165, 1.54) is 25.1 Å². The smallest absolute Gasteiger partial charge is 0.122 e. The number of rotatable bonds is 4. The molecular formula is C16H25NO. The van der Waals surface area contributed by atoms with Gasteiger partial charge in [-0.1, -0.05) is 18.2 Å². The third-order valence-corrected chi connectivity index (χ3v) is 3.90. The number of allylic oxidation sites excluding steroid dienone is 4. The van der Waals surface area contributed by atoms with Gasteiger partial charge < -0.3 is 9.64 Å². The minimum absolute atomic E-state index is 0.657. The number of hydrogen-bond donors (Lipinski definition) is 0. The molecule has 1 saturated heterocycles. The number of likely N-dealkylation sites (tertiary alicyclic amines) is 1. The highest BCUT2D eigenvalue weighted by Crippen LogP contribution is 2.25. The number of hydrogen-bond acceptors (Lipinski definition) is 2. The molecule has 0 amide bonds. The van der Waals surface area contributed by atoms with Crippen molar-refractivity contribution in [3.05, 3.63) is 35.6 Å². The minimum atomic E-state index is 0.657. The zero-order valence-electron chi connectivity index (χ0n) is 11.9. The Morgan fingerprint density at radius 1 is 1.50 bits per heavy atom. The van der Waals surface area contributed by atoms with E-state index in [-0.39, 0.29) is 0 Å². The molecule has 0 aromatic carbocycles. The molecule has 1 aliphatic carbocycles. The van der Waals surface area contributed by atoms with Gasteiger partial charge in [0.25, 0.3) is 0 Å². The molecule has 1 atom stereocenters. The fraction of sp³-hybridized carbons (Fsp3) is 0.625. The van der Waals surface area contributed by atoms with Crippen LogP contribution in [0.25, 0.3) is 0 Å². The maximum absolute atomic E-state index is 5.97. The average Bonchev–Trinajstić information content (AvgIpc) is 2.79. The third-order valence-electron chi connectivity index (χ3n) is 3.90. The molecule has 18 heavy (non-hydrogen) atoms. The normalized spacial score (nSPS) is 25.3. The summed E-state index contributed by atoms with van der Waals surface area (Å²) in [6.07, 6.45) is 6.50. The summed E-state index contributed by atoms with van der Waals surface area (Å²) < 4.78 is 5.97. The molecule has 0 saturated carbocycles. The summed E-state index contributed by atoms with van der Waals surface area (Å²) in [5, 5.41) is 0. The van der Waals surface area contributed by atoms with Gasteiger partial charge in [-0.15, -0.1) is 0 Å². The molecule has 2 rings (SSSR count). The second kappa shape index (κ2) is 5.75. The predicted molar refractivity (Wildman–Crippen MR) is 76.4 cm³/mol. The Kier molecular flexibility index (Phi) is 4.28. The molecule has 0 N–H and O–H groups in total. The van der Waals surface area contributed by atoms with Gasteiger partial charge in [-0.3, -0.25) is 0 Å². The van der Waals surface area contributed by atoms with Crippen molar-refractivity contribution in [3.63, 3.8) is 0 Å². The van der Waals surface area contributed by atoms with Crippen molar-refractivity contribution in [2.24, 2.45) is 5.92 Å². The summed E-state index contributed by atoms with van der Waals surface area (Å²) in [4.78, 5) is 2.53. The van der Waals surface area contributed by atoms with E-state index in [4.69, 9.17) is 4.74 Å². The van der Waals surface area contributed by atoms with E-state index in [1.807, 2.05) is 0 Å². The van der Waals surface area contributed by atoms with Crippen LogP contribution in [0, 0.1) is 5.92 Å². The molecule has 1 fully saturated rings. The molecule has 2 heteroatoms. The highest BCUT2D eigenvalue weighted by molar-refractivity contribution is 5.37. The second-order valence-corrected chi connectivity index (χ2v) is 5.82.